The molecule has 10 rings (SSSR count). The molecule has 4 aromatic heterocycles. The Morgan fingerprint density at radius 1 is 0.340 bits per heavy atom. The van der Waals surface area contributed by atoms with Crippen molar-refractivity contribution in [3.05, 3.63) is 182 Å². The first-order chi connectivity index (χ1) is 24.8. The molecule has 6 aromatic carbocycles. The molecule has 0 saturated heterocycles. The standard InChI is InChI=1S/C46H30N4/c1-2-12-31(13-3-1)34-28-41(32-14-10-16-35(26-32)49-43-21-7-4-18-37(43)38-19-5-8-22-44(38)49)48-42(29-34)33-15-11-17-36(27-33)50-45-23-9-6-20-39(45)40-30-47-25-24-46(40)50/h1-30H. The van der Waals surface area contributed by atoms with Gasteiger partial charge in [0.15, 0.2) is 0 Å². The Labute approximate surface area is 289 Å². The van der Waals surface area contributed by atoms with Gasteiger partial charge in [0, 0.05) is 56.4 Å². The number of hydrogen-bond acceptors (Lipinski definition) is 2. The van der Waals surface area contributed by atoms with Gasteiger partial charge in [0.2, 0.25) is 0 Å². The van der Waals surface area contributed by atoms with Crippen LogP contribution in [0.3, 0.4) is 0 Å². The molecule has 4 heteroatoms. The highest BCUT2D eigenvalue weighted by atomic mass is 15.0. The van der Waals surface area contributed by atoms with E-state index in [1.54, 1.807) is 0 Å². The monoisotopic (exact) mass is 638 g/mol. The molecule has 0 spiro atoms. The van der Waals surface area contributed by atoms with Crippen LogP contribution in [0.2, 0.25) is 0 Å². The van der Waals surface area contributed by atoms with Crippen LogP contribution in [0.5, 0.6) is 0 Å². The Kier molecular flexibility index (Phi) is 6.46. The van der Waals surface area contributed by atoms with Crippen molar-refractivity contribution < 1.29 is 0 Å². The number of pyridine rings is 2. The van der Waals surface area contributed by atoms with Gasteiger partial charge in [0.1, 0.15) is 0 Å². The van der Waals surface area contributed by atoms with E-state index in [4.69, 9.17) is 4.98 Å². The van der Waals surface area contributed by atoms with Gasteiger partial charge in [0.25, 0.3) is 0 Å². The van der Waals surface area contributed by atoms with E-state index in [9.17, 15) is 0 Å². The second kappa shape index (κ2) is 11.4. The molecule has 0 bridgehead atoms. The number of aromatic nitrogens is 4. The van der Waals surface area contributed by atoms with E-state index in [0.717, 1.165) is 61.4 Å². The molecule has 50 heavy (non-hydrogen) atoms. The normalized spacial score (nSPS) is 11.6. The average Bonchev–Trinajstić information content (AvgIpc) is 3.71. The van der Waals surface area contributed by atoms with Gasteiger partial charge < -0.3 is 9.13 Å². The largest absolute Gasteiger partial charge is 0.309 e. The predicted molar refractivity (Wildman–Crippen MR) is 207 cm³/mol. The van der Waals surface area contributed by atoms with Crippen LogP contribution in [-0.2, 0) is 0 Å². The average molecular weight is 639 g/mol. The summed E-state index contributed by atoms with van der Waals surface area (Å²) in [7, 11) is 0. The summed E-state index contributed by atoms with van der Waals surface area (Å²) in [5.41, 5.74) is 13.1. The zero-order valence-electron chi connectivity index (χ0n) is 27.1. The minimum atomic E-state index is 0.924. The lowest BCUT2D eigenvalue weighted by Crippen LogP contribution is -1.97. The van der Waals surface area contributed by atoms with Crippen molar-refractivity contribution in [1.82, 2.24) is 19.1 Å². The molecule has 0 N–H and O–H groups in total. The molecule has 0 aliphatic carbocycles. The second-order valence-electron chi connectivity index (χ2n) is 12.7. The van der Waals surface area contributed by atoms with Crippen LogP contribution in [0.25, 0.3) is 88.6 Å². The maximum atomic E-state index is 5.37. The van der Waals surface area contributed by atoms with Crippen molar-refractivity contribution in [2.24, 2.45) is 0 Å². The predicted octanol–water partition coefficient (Wildman–Crippen LogP) is 11.7. The van der Waals surface area contributed by atoms with Gasteiger partial charge in [-0.2, -0.15) is 0 Å². The number of para-hydroxylation sites is 3. The third-order valence-electron chi connectivity index (χ3n) is 9.79. The number of nitrogens with zero attached hydrogens (tertiary/aromatic N) is 4. The molecule has 10 aromatic rings. The summed E-state index contributed by atoms with van der Waals surface area (Å²) < 4.78 is 4.69. The molecule has 0 radical (unpaired) electrons. The van der Waals surface area contributed by atoms with Crippen molar-refractivity contribution in [2.75, 3.05) is 0 Å². The van der Waals surface area contributed by atoms with E-state index in [2.05, 4.69) is 184 Å². The van der Waals surface area contributed by atoms with Gasteiger partial charge in [-0.05, 0) is 71.8 Å². The van der Waals surface area contributed by atoms with Crippen LogP contribution in [0.1, 0.15) is 0 Å². The highest BCUT2D eigenvalue weighted by molar-refractivity contribution is 6.10. The zero-order valence-corrected chi connectivity index (χ0v) is 27.1. The third kappa shape index (κ3) is 4.54. The fourth-order valence-electron chi connectivity index (χ4n) is 7.53. The van der Waals surface area contributed by atoms with E-state index >= 15 is 0 Å². The lowest BCUT2D eigenvalue weighted by atomic mass is 9.99. The van der Waals surface area contributed by atoms with Crippen molar-refractivity contribution in [3.63, 3.8) is 0 Å². The summed E-state index contributed by atoms with van der Waals surface area (Å²) in [5, 5.41) is 4.83. The topological polar surface area (TPSA) is 35.6 Å². The molecule has 0 unspecified atom stereocenters. The highest BCUT2D eigenvalue weighted by Gasteiger charge is 2.16. The maximum Gasteiger partial charge on any atom is 0.0716 e. The molecule has 0 fully saturated rings. The first kappa shape index (κ1) is 28.3. The van der Waals surface area contributed by atoms with E-state index in [1.165, 1.54) is 27.2 Å². The SMILES string of the molecule is c1ccc(-c2cc(-c3cccc(-n4c5ccccc5c5ccccc54)c3)nc(-c3cccc(-n4c5ccccc5c5cnccc54)c3)c2)cc1. The van der Waals surface area contributed by atoms with Crippen LogP contribution < -0.4 is 0 Å². The first-order valence-electron chi connectivity index (χ1n) is 16.9. The van der Waals surface area contributed by atoms with Crippen LogP contribution >= 0.6 is 0 Å². The smallest absolute Gasteiger partial charge is 0.0716 e. The molecular weight excluding hydrogens is 609 g/mol. The van der Waals surface area contributed by atoms with Crippen molar-refractivity contribution in [2.45, 2.75) is 0 Å². The van der Waals surface area contributed by atoms with E-state index < -0.39 is 0 Å². The minimum absolute atomic E-state index is 0.924. The molecule has 4 nitrogen and oxygen atoms in total. The second-order valence-corrected chi connectivity index (χ2v) is 12.7. The van der Waals surface area contributed by atoms with Crippen LogP contribution in [0, 0.1) is 0 Å². The third-order valence-corrected chi connectivity index (χ3v) is 9.79. The number of fused-ring (bicyclic) bond motifs is 6. The van der Waals surface area contributed by atoms with Gasteiger partial charge in [0.05, 0.1) is 33.5 Å². The zero-order chi connectivity index (χ0) is 33.0. The lowest BCUT2D eigenvalue weighted by Gasteiger charge is -2.14. The van der Waals surface area contributed by atoms with Crippen molar-refractivity contribution in [1.29, 1.82) is 0 Å². The van der Waals surface area contributed by atoms with Gasteiger partial charge in [-0.1, -0.05) is 109 Å². The fourth-order valence-corrected chi connectivity index (χ4v) is 7.53. The molecule has 0 saturated carbocycles. The minimum Gasteiger partial charge on any atom is -0.309 e. The summed E-state index contributed by atoms with van der Waals surface area (Å²) in [6.07, 6.45) is 3.83. The van der Waals surface area contributed by atoms with Crippen LogP contribution in [0.4, 0.5) is 0 Å². The first-order valence-corrected chi connectivity index (χ1v) is 16.9. The summed E-state index contributed by atoms with van der Waals surface area (Å²) in [5.74, 6) is 0. The molecule has 234 valence electrons. The fraction of sp³-hybridized carbons (Fsp3) is 0. The van der Waals surface area contributed by atoms with E-state index in [1.807, 2.05) is 12.4 Å². The van der Waals surface area contributed by atoms with Crippen LogP contribution in [-0.4, -0.2) is 19.1 Å². The quantitative estimate of drug-likeness (QED) is 0.188. The Bertz CT molecular complexity index is 2600. The summed E-state index contributed by atoms with van der Waals surface area (Å²) >= 11 is 0. The molecule has 4 heterocycles. The van der Waals surface area contributed by atoms with E-state index in [0.29, 0.717) is 0 Å². The molecule has 0 aliphatic rings. The highest BCUT2D eigenvalue weighted by Crippen LogP contribution is 2.36. The molecule has 0 aliphatic heterocycles. The number of hydrogen-bond donors (Lipinski definition) is 0. The Morgan fingerprint density at radius 3 is 1.36 bits per heavy atom. The Balaban J connectivity index is 1.15. The Hall–Kier alpha value is -6.78. The molecular formula is C46H30N4. The lowest BCUT2D eigenvalue weighted by molar-refractivity contribution is 1.17. The Morgan fingerprint density at radius 2 is 0.800 bits per heavy atom. The summed E-state index contributed by atoms with van der Waals surface area (Å²) in [6, 6.07) is 60.4. The van der Waals surface area contributed by atoms with Crippen LogP contribution in [0.15, 0.2) is 182 Å². The summed E-state index contributed by atoms with van der Waals surface area (Å²) in [6.45, 7) is 0. The molecule has 0 atom stereocenters. The summed E-state index contributed by atoms with van der Waals surface area (Å²) in [4.78, 5) is 9.80. The number of benzene rings is 6. The van der Waals surface area contributed by atoms with Gasteiger partial charge in [-0.15, -0.1) is 0 Å². The van der Waals surface area contributed by atoms with Gasteiger partial charge >= 0.3 is 0 Å². The van der Waals surface area contributed by atoms with E-state index in [-0.39, 0.29) is 0 Å². The van der Waals surface area contributed by atoms with Gasteiger partial charge in [-0.3, -0.25) is 4.98 Å². The maximum absolute atomic E-state index is 5.37. The molecule has 0 amide bonds. The number of rotatable bonds is 5. The van der Waals surface area contributed by atoms with Gasteiger partial charge in [-0.25, -0.2) is 4.98 Å². The van der Waals surface area contributed by atoms with Crippen molar-refractivity contribution in [3.8, 4) is 45.0 Å². The van der Waals surface area contributed by atoms with Crippen molar-refractivity contribution >= 4 is 43.6 Å².